The fourth-order valence-corrected chi connectivity index (χ4v) is 3.05. The molecule has 0 aliphatic rings. The van der Waals surface area contributed by atoms with Gasteiger partial charge in [-0.1, -0.05) is 54.6 Å². The first-order chi connectivity index (χ1) is 14.6. The smallest absolute Gasteiger partial charge is 0.617 e. The molecule has 0 aliphatic carbocycles. The van der Waals surface area contributed by atoms with E-state index < -0.39 is 17.5 Å². The zero-order valence-electron chi connectivity index (χ0n) is 17.0. The maximum absolute atomic E-state index is 12.5. The third-order valence-electron chi connectivity index (χ3n) is 4.44. The van der Waals surface area contributed by atoms with Crippen molar-refractivity contribution in [2.24, 2.45) is 0 Å². The van der Waals surface area contributed by atoms with Crippen LogP contribution in [0.5, 0.6) is 0 Å². The average molecular weight is 440 g/mol. The van der Waals surface area contributed by atoms with Gasteiger partial charge in [0.05, 0.1) is 18.2 Å². The molecule has 0 radical (unpaired) electrons. The molecule has 0 fully saturated rings. The van der Waals surface area contributed by atoms with Crippen LogP contribution in [0.4, 0.5) is 5.69 Å². The van der Waals surface area contributed by atoms with E-state index >= 15 is 0 Å². The molecule has 0 bridgehead atoms. The van der Waals surface area contributed by atoms with Crippen LogP contribution in [-0.4, -0.2) is 23.5 Å². The van der Waals surface area contributed by atoms with E-state index in [1.54, 1.807) is 43.3 Å². The van der Waals surface area contributed by atoms with Gasteiger partial charge in [0.1, 0.15) is 5.56 Å². The van der Waals surface area contributed by atoms with E-state index in [4.69, 9.17) is 9.15 Å². The number of carbonyl (C=O) groups is 2. The van der Waals surface area contributed by atoms with Crippen LogP contribution in [0, 0.1) is 0 Å². The molecule has 1 amide bonds. The molecule has 4 rings (SSSR count). The minimum atomic E-state index is -0.832. The summed E-state index contributed by atoms with van der Waals surface area (Å²) in [5.74, 6) is -1.27. The number of rotatable bonds is 5. The van der Waals surface area contributed by atoms with Gasteiger partial charge in [-0.15, -0.1) is 0 Å². The quantitative estimate of drug-likeness (QED) is 0.377. The number of esters is 1. The van der Waals surface area contributed by atoms with Crippen molar-refractivity contribution in [3.63, 3.8) is 0 Å². The molecule has 1 N–H and O–H groups in total. The third-order valence-corrected chi connectivity index (χ3v) is 4.44. The first kappa shape index (κ1) is 23.2. The largest absolute Gasteiger partial charge is 1.00 e. The number of aromatic nitrogens is 1. The summed E-state index contributed by atoms with van der Waals surface area (Å²) in [6.07, 6.45) is 0. The van der Waals surface area contributed by atoms with E-state index in [2.05, 4.69) is 10.3 Å². The van der Waals surface area contributed by atoms with Crippen LogP contribution >= 0.6 is 0 Å². The van der Waals surface area contributed by atoms with E-state index in [-0.39, 0.29) is 75.0 Å². The molecule has 2 aromatic carbocycles. The van der Waals surface area contributed by atoms with E-state index in [0.29, 0.717) is 11.3 Å². The van der Waals surface area contributed by atoms with Crippen molar-refractivity contribution in [2.45, 2.75) is 6.92 Å². The number of nitrogens with one attached hydrogen (secondary N) is 1. The number of H-pyrrole nitrogens is 1. The summed E-state index contributed by atoms with van der Waals surface area (Å²) in [5.41, 5.74) is 0.472. The van der Waals surface area contributed by atoms with Gasteiger partial charge in [-0.05, 0) is 30.3 Å². The number of benzene rings is 2. The summed E-state index contributed by atoms with van der Waals surface area (Å²) in [6, 6.07) is 18.8. The minimum absolute atomic E-state index is 0. The zero-order valence-corrected chi connectivity index (χ0v) is 20.2. The first-order valence-electron chi connectivity index (χ1n) is 9.31. The second kappa shape index (κ2) is 10.2. The normalized spacial score (nSPS) is 10.4. The zero-order chi connectivity index (χ0) is 21.1. The summed E-state index contributed by atoms with van der Waals surface area (Å²) in [4.78, 5) is 40.6. The molecule has 0 spiro atoms. The van der Waals surface area contributed by atoms with Crippen molar-refractivity contribution in [1.82, 2.24) is 4.98 Å². The van der Waals surface area contributed by atoms with Crippen molar-refractivity contribution >= 4 is 28.5 Å². The van der Waals surface area contributed by atoms with Crippen LogP contribution in [-0.2, 0) is 4.74 Å². The van der Waals surface area contributed by atoms with Gasteiger partial charge in [0.25, 0.3) is 0 Å². The fourth-order valence-electron chi connectivity index (χ4n) is 3.05. The second-order valence-electron chi connectivity index (χ2n) is 6.44. The number of hydrogen-bond acceptors (Lipinski definition) is 5. The fraction of sp³-hybridized carbons (Fsp3) is 0.0870. The standard InChI is InChI=1S/C23H18N2O5.K/c1-2-29-22(27)16-13-19(25-21(26)14-8-4-3-5-9-14)23(28)30-20(16)18-12-15-10-6-7-11-17(15)24-18;/h3-13H,2H2,1H3,(H2,24,25,26,27,28);/q;+1/p-1. The number of aromatic amines is 1. The second-order valence-corrected chi connectivity index (χ2v) is 6.44. The van der Waals surface area contributed by atoms with E-state index in [1.165, 1.54) is 6.07 Å². The van der Waals surface area contributed by atoms with Crippen LogP contribution in [0.15, 0.2) is 75.9 Å². The number of carbonyl (C=O) groups excluding carboxylic acids is 2. The summed E-state index contributed by atoms with van der Waals surface area (Å²) in [5, 5.41) is 4.73. The Kier molecular flexibility index (Phi) is 7.63. The predicted octanol–water partition coefficient (Wildman–Crippen LogP) is 1.81. The number of hydrogen-bond donors (Lipinski definition) is 1. The Bertz CT molecular complexity index is 1260. The van der Waals surface area contributed by atoms with E-state index in [9.17, 15) is 14.4 Å². The third kappa shape index (κ3) is 5.05. The van der Waals surface area contributed by atoms with Crippen molar-refractivity contribution < 1.29 is 70.1 Å². The number of para-hydroxylation sites is 1. The van der Waals surface area contributed by atoms with Crippen molar-refractivity contribution in [1.29, 1.82) is 0 Å². The Labute approximate surface area is 220 Å². The summed E-state index contributed by atoms with van der Waals surface area (Å²) in [6.45, 7) is 1.81. The molecule has 7 nitrogen and oxygen atoms in total. The first-order valence-corrected chi connectivity index (χ1v) is 9.31. The summed E-state index contributed by atoms with van der Waals surface area (Å²) < 4.78 is 10.5. The van der Waals surface area contributed by atoms with Crippen LogP contribution in [0.3, 0.4) is 0 Å². The van der Waals surface area contributed by atoms with Crippen molar-refractivity contribution in [2.75, 3.05) is 6.61 Å². The van der Waals surface area contributed by atoms with Gasteiger partial charge in [0.15, 0.2) is 5.76 Å². The molecule has 0 saturated carbocycles. The molecule has 2 aromatic heterocycles. The van der Waals surface area contributed by atoms with Gasteiger partial charge < -0.3 is 24.2 Å². The van der Waals surface area contributed by atoms with E-state index in [0.717, 1.165) is 10.9 Å². The maximum atomic E-state index is 12.5. The SMILES string of the molecule is CCOC(=O)c1cc([N-]C(=O)c2ccccc2)c(=O)oc1-c1cc2ccccc2[nH]1.[K+]. The molecule has 2 heterocycles. The van der Waals surface area contributed by atoms with Gasteiger partial charge in [-0.3, -0.25) is 0 Å². The maximum Gasteiger partial charge on any atom is 1.00 e. The van der Waals surface area contributed by atoms with Crippen molar-refractivity contribution in [3.8, 4) is 11.5 Å². The minimum Gasteiger partial charge on any atom is -0.617 e. The number of fused-ring (bicyclic) bond motifs is 1. The van der Waals surface area contributed by atoms with Crippen LogP contribution < -0.4 is 57.0 Å². The van der Waals surface area contributed by atoms with Gasteiger partial charge >= 0.3 is 63.0 Å². The van der Waals surface area contributed by atoms with Gasteiger partial charge in [-0.25, -0.2) is 9.59 Å². The topological polar surface area (TPSA) is 103 Å². The van der Waals surface area contributed by atoms with Gasteiger partial charge in [0.2, 0.25) is 0 Å². The number of ether oxygens (including phenoxy) is 1. The molecule has 31 heavy (non-hydrogen) atoms. The molecule has 0 saturated heterocycles. The summed E-state index contributed by atoms with van der Waals surface area (Å²) >= 11 is 0. The monoisotopic (exact) mass is 440 g/mol. The Morgan fingerprint density at radius 2 is 1.74 bits per heavy atom. The molecular formula is C23H17KN2O5. The number of nitrogens with zero attached hydrogens (tertiary/aromatic N) is 1. The molecular weight excluding hydrogens is 423 g/mol. The Morgan fingerprint density at radius 3 is 2.45 bits per heavy atom. The predicted molar refractivity (Wildman–Crippen MR) is 112 cm³/mol. The average Bonchev–Trinajstić information content (AvgIpc) is 3.19. The Morgan fingerprint density at radius 1 is 1.03 bits per heavy atom. The van der Waals surface area contributed by atoms with Crippen LogP contribution in [0.2, 0.25) is 0 Å². The molecule has 4 aromatic rings. The van der Waals surface area contributed by atoms with Crippen LogP contribution in [0.1, 0.15) is 27.6 Å². The van der Waals surface area contributed by atoms with Crippen molar-refractivity contribution in [3.05, 3.63) is 93.6 Å². The Balaban J connectivity index is 0.00000272. The van der Waals surface area contributed by atoms with Crippen LogP contribution in [0.25, 0.3) is 27.7 Å². The molecule has 8 heteroatoms. The number of amides is 1. The Hall–Kier alpha value is -2.49. The molecule has 0 unspecified atom stereocenters. The molecule has 150 valence electrons. The van der Waals surface area contributed by atoms with E-state index in [1.807, 2.05) is 24.3 Å². The molecule has 0 aliphatic heterocycles. The van der Waals surface area contributed by atoms with Gasteiger partial charge in [0, 0.05) is 10.9 Å². The molecule has 0 atom stereocenters. The summed E-state index contributed by atoms with van der Waals surface area (Å²) in [7, 11) is 0. The van der Waals surface area contributed by atoms with Gasteiger partial charge in [-0.2, -0.15) is 0 Å².